The Kier molecular flexibility index (Phi) is 3.98. The van der Waals surface area contributed by atoms with Crippen molar-refractivity contribution in [1.29, 1.82) is 0 Å². The van der Waals surface area contributed by atoms with Gasteiger partial charge >= 0.3 is 0 Å². The topological polar surface area (TPSA) is 40.5 Å². The average Bonchev–Trinajstić information content (AvgIpc) is 2.51. The van der Waals surface area contributed by atoms with Gasteiger partial charge in [-0.3, -0.25) is 0 Å². The molecule has 0 unspecified atom stereocenters. The van der Waals surface area contributed by atoms with Crippen LogP contribution in [0.4, 0.5) is 0 Å². The van der Waals surface area contributed by atoms with Gasteiger partial charge in [0.05, 0.1) is 11.2 Å². The van der Waals surface area contributed by atoms with E-state index in [1.54, 1.807) is 27.7 Å². The number of hydrogen-bond donors (Lipinski definition) is 2. The minimum atomic E-state index is -1.01. The molecule has 0 saturated heterocycles. The van der Waals surface area contributed by atoms with E-state index in [2.05, 4.69) is 60.7 Å². The first-order chi connectivity index (χ1) is 11.2. The summed E-state index contributed by atoms with van der Waals surface area (Å²) < 4.78 is 0. The van der Waals surface area contributed by atoms with Crippen molar-refractivity contribution in [2.24, 2.45) is 0 Å². The maximum atomic E-state index is 9.10. The van der Waals surface area contributed by atoms with Crippen molar-refractivity contribution in [1.82, 2.24) is 0 Å². The van der Waals surface area contributed by atoms with Crippen LogP contribution in [0.1, 0.15) is 27.7 Å². The Morgan fingerprint density at radius 1 is 0.500 bits per heavy atom. The normalized spacial score (nSPS) is 12.6. The number of rotatable bonds is 1. The fraction of sp³-hybridized carbons (Fsp3) is 0.273. The first-order valence-corrected chi connectivity index (χ1v) is 8.26. The smallest absolute Gasteiger partial charge is 0.0872 e. The highest BCUT2D eigenvalue weighted by Gasteiger charge is 2.31. The molecule has 24 heavy (non-hydrogen) atoms. The van der Waals surface area contributed by atoms with Crippen molar-refractivity contribution in [3.63, 3.8) is 0 Å². The number of aliphatic hydroxyl groups is 2. The van der Waals surface area contributed by atoms with Crippen LogP contribution in [0.25, 0.3) is 32.3 Å². The molecule has 4 rings (SSSR count). The van der Waals surface area contributed by atoms with Gasteiger partial charge in [-0.05, 0) is 60.0 Å². The van der Waals surface area contributed by atoms with E-state index in [0.29, 0.717) is 0 Å². The van der Waals surface area contributed by atoms with Crippen LogP contribution in [0.15, 0.2) is 60.7 Å². The highest BCUT2D eigenvalue weighted by Crippen LogP contribution is 2.33. The van der Waals surface area contributed by atoms with E-state index < -0.39 is 11.2 Å². The lowest BCUT2D eigenvalue weighted by Gasteiger charge is -2.31. The predicted molar refractivity (Wildman–Crippen MR) is 103 cm³/mol. The summed E-state index contributed by atoms with van der Waals surface area (Å²) in [6.07, 6.45) is 0. The zero-order chi connectivity index (χ0) is 17.5. The van der Waals surface area contributed by atoms with E-state index in [1.165, 1.54) is 32.3 Å². The van der Waals surface area contributed by atoms with Crippen molar-refractivity contribution in [2.45, 2.75) is 38.9 Å². The lowest BCUT2D eigenvalue weighted by atomic mass is 9.90. The van der Waals surface area contributed by atoms with Crippen molar-refractivity contribution in [3.8, 4) is 0 Å². The third-order valence-electron chi connectivity index (χ3n) is 4.89. The summed E-state index contributed by atoms with van der Waals surface area (Å²) in [4.78, 5) is 0. The average molecular weight is 320 g/mol. The molecule has 0 heterocycles. The maximum Gasteiger partial charge on any atom is 0.0872 e. The van der Waals surface area contributed by atoms with Gasteiger partial charge in [0, 0.05) is 0 Å². The molecule has 0 aromatic heterocycles. The van der Waals surface area contributed by atoms with Crippen LogP contribution in [-0.2, 0) is 0 Å². The Morgan fingerprint density at radius 2 is 0.750 bits per heavy atom. The minimum absolute atomic E-state index is 1.01. The highest BCUT2D eigenvalue weighted by atomic mass is 16.3. The van der Waals surface area contributed by atoms with E-state index >= 15 is 0 Å². The second-order valence-corrected chi connectivity index (χ2v) is 7.41. The van der Waals surface area contributed by atoms with Crippen LogP contribution in [0.3, 0.4) is 0 Å². The molecule has 0 aliphatic rings. The van der Waals surface area contributed by atoms with Crippen LogP contribution in [0, 0.1) is 0 Å². The summed E-state index contributed by atoms with van der Waals surface area (Å²) in [5, 5.41) is 26.4. The number of benzene rings is 4. The molecule has 2 nitrogen and oxygen atoms in total. The molecular formula is C22H24O2. The molecule has 4 aromatic carbocycles. The SMILES string of the molecule is CC(C)(O)C(C)(C)O.c1cc2ccc3cccc4ccc(c1)c2c34. The second-order valence-electron chi connectivity index (χ2n) is 7.41. The van der Waals surface area contributed by atoms with Crippen LogP contribution in [0.5, 0.6) is 0 Å². The van der Waals surface area contributed by atoms with Crippen molar-refractivity contribution in [2.75, 3.05) is 0 Å². The zero-order valence-corrected chi connectivity index (χ0v) is 14.7. The lowest BCUT2D eigenvalue weighted by molar-refractivity contribution is -0.107. The fourth-order valence-corrected chi connectivity index (χ4v) is 2.67. The quantitative estimate of drug-likeness (QED) is 0.478. The Balaban J connectivity index is 0.000000183. The van der Waals surface area contributed by atoms with Gasteiger partial charge in [-0.25, -0.2) is 0 Å². The Morgan fingerprint density at radius 3 is 0.958 bits per heavy atom. The summed E-state index contributed by atoms with van der Waals surface area (Å²) >= 11 is 0. The molecule has 0 bridgehead atoms. The van der Waals surface area contributed by atoms with E-state index in [9.17, 15) is 0 Å². The Bertz CT molecular complexity index is 830. The van der Waals surface area contributed by atoms with Gasteiger partial charge in [0.2, 0.25) is 0 Å². The van der Waals surface area contributed by atoms with E-state index in [0.717, 1.165) is 0 Å². The molecule has 0 amide bonds. The Hall–Kier alpha value is -2.16. The van der Waals surface area contributed by atoms with Crippen LogP contribution in [-0.4, -0.2) is 21.4 Å². The third-order valence-corrected chi connectivity index (χ3v) is 4.89. The van der Waals surface area contributed by atoms with Crippen molar-refractivity contribution >= 4 is 32.3 Å². The molecule has 0 radical (unpaired) electrons. The van der Waals surface area contributed by atoms with Crippen LogP contribution < -0.4 is 0 Å². The van der Waals surface area contributed by atoms with E-state index in [1.807, 2.05) is 0 Å². The molecule has 0 aliphatic heterocycles. The Labute approximate surface area is 142 Å². The number of hydrogen-bond acceptors (Lipinski definition) is 2. The van der Waals surface area contributed by atoms with Crippen LogP contribution >= 0.6 is 0 Å². The van der Waals surface area contributed by atoms with Gasteiger partial charge in [-0.15, -0.1) is 0 Å². The van der Waals surface area contributed by atoms with Gasteiger partial charge < -0.3 is 10.2 Å². The van der Waals surface area contributed by atoms with Gasteiger partial charge in [0.1, 0.15) is 0 Å². The van der Waals surface area contributed by atoms with Gasteiger partial charge in [-0.1, -0.05) is 60.7 Å². The molecule has 0 fully saturated rings. The second kappa shape index (κ2) is 5.73. The molecule has 2 N–H and O–H groups in total. The van der Waals surface area contributed by atoms with Crippen LogP contribution in [0.2, 0.25) is 0 Å². The third kappa shape index (κ3) is 2.95. The highest BCUT2D eigenvalue weighted by molar-refractivity contribution is 6.22. The molecule has 124 valence electrons. The standard InChI is InChI=1S/C16H10.C6H14O2/c1-3-11-7-9-13-5-2-6-14-10-8-12(4-1)15(11)16(13)14;1-5(2,7)6(3,4)8/h1-10H;7-8H,1-4H3. The zero-order valence-electron chi connectivity index (χ0n) is 14.7. The molecule has 0 saturated carbocycles. The van der Waals surface area contributed by atoms with Crippen molar-refractivity contribution in [3.05, 3.63) is 60.7 Å². The summed E-state index contributed by atoms with van der Waals surface area (Å²) in [5.41, 5.74) is -2.01. The first-order valence-electron chi connectivity index (χ1n) is 8.26. The van der Waals surface area contributed by atoms with Gasteiger partial charge in [0.15, 0.2) is 0 Å². The lowest BCUT2D eigenvalue weighted by Crippen LogP contribution is -2.44. The molecular weight excluding hydrogens is 296 g/mol. The van der Waals surface area contributed by atoms with Gasteiger partial charge in [0.25, 0.3) is 0 Å². The summed E-state index contributed by atoms with van der Waals surface area (Å²) in [7, 11) is 0. The van der Waals surface area contributed by atoms with E-state index in [4.69, 9.17) is 10.2 Å². The van der Waals surface area contributed by atoms with Gasteiger partial charge in [-0.2, -0.15) is 0 Å². The maximum absolute atomic E-state index is 9.10. The molecule has 4 aromatic rings. The molecule has 0 aliphatic carbocycles. The monoisotopic (exact) mass is 320 g/mol. The summed E-state index contributed by atoms with van der Waals surface area (Å²) in [5.74, 6) is 0. The largest absolute Gasteiger partial charge is 0.387 e. The predicted octanol–water partition coefficient (Wildman–Crippen LogP) is 5.11. The summed E-state index contributed by atoms with van der Waals surface area (Å²) in [6, 6.07) is 21.9. The first kappa shape index (κ1) is 16.7. The minimum Gasteiger partial charge on any atom is -0.387 e. The van der Waals surface area contributed by atoms with Crippen molar-refractivity contribution < 1.29 is 10.2 Å². The fourth-order valence-electron chi connectivity index (χ4n) is 2.67. The van der Waals surface area contributed by atoms with E-state index in [-0.39, 0.29) is 0 Å². The molecule has 2 heteroatoms. The molecule has 0 atom stereocenters. The molecule has 0 spiro atoms. The summed E-state index contributed by atoms with van der Waals surface area (Å²) in [6.45, 7) is 6.31.